The Bertz CT molecular complexity index is 1030. The minimum Gasteiger partial charge on any atom is -0.495 e. The van der Waals surface area contributed by atoms with Crippen molar-refractivity contribution in [3.63, 3.8) is 0 Å². The summed E-state index contributed by atoms with van der Waals surface area (Å²) in [6, 6.07) is 13.6. The minimum absolute atomic E-state index is 0.173. The molecule has 9 heteroatoms. The molecule has 28 heavy (non-hydrogen) atoms. The van der Waals surface area contributed by atoms with Gasteiger partial charge in [0.2, 0.25) is 6.79 Å². The van der Waals surface area contributed by atoms with Gasteiger partial charge < -0.3 is 24.8 Å². The Labute approximate surface area is 165 Å². The third kappa shape index (κ3) is 3.77. The molecule has 4 rings (SSSR count). The van der Waals surface area contributed by atoms with E-state index in [2.05, 4.69) is 20.8 Å². The smallest absolute Gasteiger partial charge is 0.276 e. The van der Waals surface area contributed by atoms with Crippen molar-refractivity contribution in [3.8, 4) is 17.2 Å². The van der Waals surface area contributed by atoms with Crippen molar-refractivity contribution in [2.45, 2.75) is 0 Å². The van der Waals surface area contributed by atoms with Crippen LogP contribution in [0.2, 0.25) is 5.02 Å². The van der Waals surface area contributed by atoms with Crippen molar-refractivity contribution in [1.82, 2.24) is 10.2 Å². The van der Waals surface area contributed by atoms with Crippen molar-refractivity contribution in [3.05, 3.63) is 59.2 Å². The maximum atomic E-state index is 12.4. The molecule has 0 atom stereocenters. The average molecular weight is 399 g/mol. The van der Waals surface area contributed by atoms with Gasteiger partial charge in [0.1, 0.15) is 5.75 Å². The minimum atomic E-state index is -0.384. The van der Waals surface area contributed by atoms with Crippen molar-refractivity contribution in [2.75, 3.05) is 24.5 Å². The molecule has 0 bridgehead atoms. The lowest BCUT2D eigenvalue weighted by atomic mass is 10.2. The molecule has 142 valence electrons. The largest absolute Gasteiger partial charge is 0.495 e. The second-order valence-corrected chi connectivity index (χ2v) is 6.21. The van der Waals surface area contributed by atoms with Gasteiger partial charge in [0.05, 0.1) is 12.1 Å². The molecule has 0 fully saturated rings. The quantitative estimate of drug-likeness (QED) is 0.673. The van der Waals surface area contributed by atoms with Crippen LogP contribution in [0.15, 0.2) is 48.5 Å². The highest BCUT2D eigenvalue weighted by molar-refractivity contribution is 6.32. The number of amides is 1. The van der Waals surface area contributed by atoms with E-state index in [1.165, 1.54) is 0 Å². The summed E-state index contributed by atoms with van der Waals surface area (Å²) in [5.41, 5.74) is 1.47. The molecule has 0 saturated heterocycles. The molecule has 3 aromatic rings. The highest BCUT2D eigenvalue weighted by Gasteiger charge is 2.15. The maximum absolute atomic E-state index is 12.4. The average Bonchev–Trinajstić information content (AvgIpc) is 3.16. The molecule has 0 unspecified atom stereocenters. The number of hydrogen-bond donors (Lipinski definition) is 2. The summed E-state index contributed by atoms with van der Waals surface area (Å²) in [5.74, 6) is 1.90. The Balaban J connectivity index is 1.42. The van der Waals surface area contributed by atoms with Crippen LogP contribution in [0.4, 0.5) is 17.2 Å². The molecule has 1 aromatic heterocycles. The lowest BCUT2D eigenvalue weighted by Gasteiger charge is -2.09. The molecule has 0 aliphatic carbocycles. The number of nitrogens with one attached hydrogen (secondary N) is 2. The van der Waals surface area contributed by atoms with Crippen LogP contribution < -0.4 is 24.8 Å². The number of fused-ring (bicyclic) bond motifs is 1. The van der Waals surface area contributed by atoms with Gasteiger partial charge in [-0.25, -0.2) is 0 Å². The molecule has 1 aliphatic heterocycles. The van der Waals surface area contributed by atoms with Crippen LogP contribution >= 0.6 is 11.6 Å². The van der Waals surface area contributed by atoms with Crippen molar-refractivity contribution in [2.24, 2.45) is 0 Å². The number of benzene rings is 2. The summed E-state index contributed by atoms with van der Waals surface area (Å²) in [7, 11) is 1.55. The van der Waals surface area contributed by atoms with E-state index in [1.807, 2.05) is 0 Å². The summed E-state index contributed by atoms with van der Waals surface area (Å²) in [6.45, 7) is 0.173. The predicted molar refractivity (Wildman–Crippen MR) is 104 cm³/mol. The number of halogens is 1. The number of carbonyl (C=O) groups is 1. The van der Waals surface area contributed by atoms with Gasteiger partial charge in [-0.15, -0.1) is 10.2 Å². The first kappa shape index (κ1) is 17.9. The molecule has 2 N–H and O–H groups in total. The highest BCUT2D eigenvalue weighted by Crippen LogP contribution is 2.34. The number of ether oxygens (including phenoxy) is 3. The first-order valence-electron chi connectivity index (χ1n) is 8.28. The van der Waals surface area contributed by atoms with Gasteiger partial charge in [-0.2, -0.15) is 0 Å². The van der Waals surface area contributed by atoms with Gasteiger partial charge in [-0.1, -0.05) is 11.6 Å². The normalized spacial score (nSPS) is 11.8. The van der Waals surface area contributed by atoms with E-state index in [0.717, 1.165) is 5.69 Å². The summed E-state index contributed by atoms with van der Waals surface area (Å²) in [6.07, 6.45) is 0. The van der Waals surface area contributed by atoms with Crippen LogP contribution in [0.3, 0.4) is 0 Å². The highest BCUT2D eigenvalue weighted by atomic mass is 35.5. The molecule has 8 nitrogen and oxygen atoms in total. The predicted octanol–water partition coefficient (Wildman–Crippen LogP) is 3.86. The van der Waals surface area contributed by atoms with Gasteiger partial charge in [0, 0.05) is 17.4 Å². The zero-order chi connectivity index (χ0) is 19.5. The molecule has 2 heterocycles. The number of carbonyl (C=O) groups excluding carboxylic acids is 1. The molecule has 2 aromatic carbocycles. The third-order valence-electron chi connectivity index (χ3n) is 3.95. The number of methoxy groups -OCH3 is 1. The second kappa shape index (κ2) is 7.61. The molecule has 1 amide bonds. The fourth-order valence-electron chi connectivity index (χ4n) is 2.58. The fourth-order valence-corrected chi connectivity index (χ4v) is 2.84. The Morgan fingerprint density at radius 3 is 2.61 bits per heavy atom. The van der Waals surface area contributed by atoms with E-state index in [0.29, 0.717) is 33.8 Å². The number of rotatable bonds is 5. The molecular formula is C19H15ClN4O4. The number of aromatic nitrogens is 2. The van der Waals surface area contributed by atoms with Crippen LogP contribution in [0.1, 0.15) is 10.5 Å². The standard InChI is InChI=1S/C19H15ClN4O4/c1-26-15-5-2-11(8-13(15)20)21-18-7-4-14(23-24-18)19(25)22-12-3-6-16-17(9-12)28-10-27-16/h2-9H,10H2,1H3,(H,21,24)(H,22,25). The second-order valence-electron chi connectivity index (χ2n) is 5.80. The number of nitrogens with zero attached hydrogens (tertiary/aromatic N) is 2. The Morgan fingerprint density at radius 2 is 1.86 bits per heavy atom. The van der Waals surface area contributed by atoms with Gasteiger partial charge in [0.25, 0.3) is 5.91 Å². The van der Waals surface area contributed by atoms with Crippen LogP contribution in [-0.2, 0) is 0 Å². The summed E-state index contributed by atoms with van der Waals surface area (Å²) < 4.78 is 15.7. The summed E-state index contributed by atoms with van der Waals surface area (Å²) >= 11 is 6.10. The first-order valence-corrected chi connectivity index (χ1v) is 8.65. The molecular weight excluding hydrogens is 384 g/mol. The van der Waals surface area contributed by atoms with Crippen molar-refractivity contribution in [1.29, 1.82) is 0 Å². The first-order chi connectivity index (χ1) is 13.6. The van der Waals surface area contributed by atoms with E-state index in [4.69, 9.17) is 25.8 Å². The Morgan fingerprint density at radius 1 is 1.04 bits per heavy atom. The monoisotopic (exact) mass is 398 g/mol. The number of anilines is 3. The third-order valence-corrected chi connectivity index (χ3v) is 4.25. The van der Waals surface area contributed by atoms with E-state index >= 15 is 0 Å². The van der Waals surface area contributed by atoms with Crippen LogP contribution in [0, 0.1) is 0 Å². The van der Waals surface area contributed by atoms with Crippen LogP contribution in [0.25, 0.3) is 0 Å². The summed E-state index contributed by atoms with van der Waals surface area (Å²) in [5, 5.41) is 14.3. The zero-order valence-corrected chi connectivity index (χ0v) is 15.5. The Hall–Kier alpha value is -3.52. The van der Waals surface area contributed by atoms with E-state index in [-0.39, 0.29) is 18.4 Å². The maximum Gasteiger partial charge on any atom is 0.276 e. The topological polar surface area (TPSA) is 94.6 Å². The van der Waals surface area contributed by atoms with Gasteiger partial charge in [0.15, 0.2) is 23.0 Å². The van der Waals surface area contributed by atoms with Gasteiger partial charge in [-0.3, -0.25) is 4.79 Å². The number of hydrogen-bond acceptors (Lipinski definition) is 7. The molecule has 0 radical (unpaired) electrons. The zero-order valence-electron chi connectivity index (χ0n) is 14.7. The van der Waals surface area contributed by atoms with E-state index in [1.54, 1.807) is 55.6 Å². The molecule has 0 saturated carbocycles. The molecule has 1 aliphatic rings. The van der Waals surface area contributed by atoms with Crippen molar-refractivity contribution >= 4 is 34.7 Å². The molecule has 0 spiro atoms. The van der Waals surface area contributed by atoms with Gasteiger partial charge >= 0.3 is 0 Å². The van der Waals surface area contributed by atoms with Crippen molar-refractivity contribution < 1.29 is 19.0 Å². The lowest BCUT2D eigenvalue weighted by molar-refractivity contribution is 0.102. The fraction of sp³-hybridized carbons (Fsp3) is 0.105. The van der Waals surface area contributed by atoms with E-state index < -0.39 is 0 Å². The van der Waals surface area contributed by atoms with Crippen LogP contribution in [-0.4, -0.2) is 30.0 Å². The summed E-state index contributed by atoms with van der Waals surface area (Å²) in [4.78, 5) is 12.4. The van der Waals surface area contributed by atoms with Crippen LogP contribution in [0.5, 0.6) is 17.2 Å². The Kier molecular flexibility index (Phi) is 4.86. The SMILES string of the molecule is COc1ccc(Nc2ccc(C(=O)Nc3ccc4c(c3)OCO4)nn2)cc1Cl. The van der Waals surface area contributed by atoms with E-state index in [9.17, 15) is 4.79 Å². The lowest BCUT2D eigenvalue weighted by Crippen LogP contribution is -2.14. The van der Waals surface area contributed by atoms with Gasteiger partial charge in [-0.05, 0) is 42.5 Å².